The zero-order valence-corrected chi connectivity index (χ0v) is 14.7. The van der Waals surface area contributed by atoms with Gasteiger partial charge in [0, 0.05) is 23.7 Å². The van der Waals surface area contributed by atoms with Gasteiger partial charge in [-0.15, -0.1) is 11.3 Å². The van der Waals surface area contributed by atoms with Crippen molar-refractivity contribution >= 4 is 17.2 Å². The van der Waals surface area contributed by atoms with Crippen LogP contribution in [-0.2, 0) is 12.8 Å². The summed E-state index contributed by atoms with van der Waals surface area (Å²) in [5.41, 5.74) is 3.66. The Labute approximate surface area is 141 Å². The van der Waals surface area contributed by atoms with E-state index in [0.717, 1.165) is 42.9 Å². The zero-order chi connectivity index (χ0) is 16.0. The van der Waals surface area contributed by atoms with Crippen molar-refractivity contribution in [3.05, 3.63) is 38.8 Å². The Hall–Kier alpha value is -1.62. The minimum Gasteiger partial charge on any atom is -0.336 e. The third-order valence-corrected chi connectivity index (χ3v) is 6.27. The smallest absolute Gasteiger partial charge is 0.264 e. The van der Waals surface area contributed by atoms with Gasteiger partial charge in [0.05, 0.1) is 16.6 Å². The number of fused-ring (bicyclic) bond motifs is 1. The average Bonchev–Trinajstić information content (AvgIpc) is 3.24. The van der Waals surface area contributed by atoms with Crippen LogP contribution < -0.4 is 0 Å². The lowest BCUT2D eigenvalue weighted by Gasteiger charge is -2.16. The molecule has 0 saturated carbocycles. The minimum atomic E-state index is 0.216. The van der Waals surface area contributed by atoms with Crippen molar-refractivity contribution < 1.29 is 4.79 Å². The maximum atomic E-state index is 12.8. The number of amides is 1. The normalized spacial score (nSPS) is 20.8. The summed E-state index contributed by atoms with van der Waals surface area (Å²) in [5.74, 6) is 0.216. The van der Waals surface area contributed by atoms with Crippen molar-refractivity contribution in [1.82, 2.24) is 14.7 Å². The number of nitrogens with zero attached hydrogens (tertiary/aromatic N) is 3. The van der Waals surface area contributed by atoms with Crippen LogP contribution >= 0.6 is 11.3 Å². The Morgan fingerprint density at radius 1 is 1.26 bits per heavy atom. The topological polar surface area (TPSA) is 38.1 Å². The van der Waals surface area contributed by atoms with Gasteiger partial charge in [0.15, 0.2) is 0 Å². The Bertz CT molecular complexity index is 722. The molecule has 0 aromatic carbocycles. The van der Waals surface area contributed by atoms with E-state index in [1.165, 1.54) is 29.0 Å². The first-order valence-electron chi connectivity index (χ1n) is 8.55. The standard InChI is InChI=1S/C18H23N3OS/c1-12-9-13(2)21(19-12)15-7-8-20(11-15)18(22)17-10-14-5-3-4-6-16(14)23-17/h9-10,15H,3-8,11H2,1-2H3. The van der Waals surface area contributed by atoms with Crippen LogP contribution in [0.25, 0.3) is 0 Å². The van der Waals surface area contributed by atoms with Gasteiger partial charge in [-0.2, -0.15) is 5.10 Å². The summed E-state index contributed by atoms with van der Waals surface area (Å²) in [6.07, 6.45) is 5.83. The largest absolute Gasteiger partial charge is 0.336 e. The summed E-state index contributed by atoms with van der Waals surface area (Å²) in [6.45, 7) is 5.74. The Balaban J connectivity index is 1.50. The van der Waals surface area contributed by atoms with Gasteiger partial charge in [0.25, 0.3) is 5.91 Å². The molecule has 2 aliphatic rings. The second-order valence-corrected chi connectivity index (χ2v) is 7.97. The van der Waals surface area contributed by atoms with Crippen LogP contribution in [0, 0.1) is 13.8 Å². The average molecular weight is 329 g/mol. The van der Waals surface area contributed by atoms with Crippen LogP contribution in [0.1, 0.15) is 56.8 Å². The molecule has 1 fully saturated rings. The fourth-order valence-electron chi connectivity index (χ4n) is 3.89. The number of carbonyl (C=O) groups is 1. The number of hydrogen-bond acceptors (Lipinski definition) is 3. The Morgan fingerprint density at radius 3 is 2.83 bits per heavy atom. The Kier molecular flexibility index (Phi) is 3.76. The number of carbonyl (C=O) groups excluding carboxylic acids is 1. The summed E-state index contributed by atoms with van der Waals surface area (Å²) in [5, 5.41) is 4.59. The molecule has 0 bridgehead atoms. The molecule has 1 aliphatic heterocycles. The molecule has 2 aromatic heterocycles. The predicted octanol–water partition coefficient (Wildman–Crippen LogP) is 3.53. The monoisotopic (exact) mass is 329 g/mol. The quantitative estimate of drug-likeness (QED) is 0.845. The summed E-state index contributed by atoms with van der Waals surface area (Å²) >= 11 is 1.72. The second-order valence-electron chi connectivity index (χ2n) is 6.83. The van der Waals surface area contributed by atoms with Crippen LogP contribution in [0.2, 0.25) is 0 Å². The van der Waals surface area contributed by atoms with Crippen LogP contribution in [0.4, 0.5) is 0 Å². The maximum absolute atomic E-state index is 12.8. The first kappa shape index (κ1) is 14.9. The summed E-state index contributed by atoms with van der Waals surface area (Å²) in [7, 11) is 0. The van der Waals surface area contributed by atoms with E-state index in [-0.39, 0.29) is 5.91 Å². The molecule has 0 N–H and O–H groups in total. The minimum absolute atomic E-state index is 0.216. The number of hydrogen-bond donors (Lipinski definition) is 0. The highest BCUT2D eigenvalue weighted by molar-refractivity contribution is 7.14. The van der Waals surface area contributed by atoms with E-state index < -0.39 is 0 Å². The molecule has 4 rings (SSSR count). The van der Waals surface area contributed by atoms with E-state index in [1.807, 2.05) is 11.8 Å². The molecule has 5 heteroatoms. The second kappa shape index (κ2) is 5.78. The van der Waals surface area contributed by atoms with Crippen molar-refractivity contribution in [3.63, 3.8) is 0 Å². The van der Waals surface area contributed by atoms with Crippen molar-refractivity contribution in [1.29, 1.82) is 0 Å². The molecule has 1 saturated heterocycles. The van der Waals surface area contributed by atoms with E-state index in [2.05, 4.69) is 28.8 Å². The molecule has 3 heterocycles. The highest BCUT2D eigenvalue weighted by atomic mass is 32.1. The molecule has 1 aliphatic carbocycles. The molecule has 0 spiro atoms. The molecular formula is C18H23N3OS. The van der Waals surface area contributed by atoms with Gasteiger partial charge in [0.1, 0.15) is 0 Å². The van der Waals surface area contributed by atoms with E-state index >= 15 is 0 Å². The molecular weight excluding hydrogens is 306 g/mol. The third kappa shape index (κ3) is 2.71. The number of likely N-dealkylation sites (tertiary alicyclic amines) is 1. The van der Waals surface area contributed by atoms with Gasteiger partial charge >= 0.3 is 0 Å². The summed E-state index contributed by atoms with van der Waals surface area (Å²) < 4.78 is 2.10. The lowest BCUT2D eigenvalue weighted by Crippen LogP contribution is -2.28. The molecule has 2 aromatic rings. The SMILES string of the molecule is Cc1cc(C)n(C2CCN(C(=O)c3cc4c(s3)CCCC4)C2)n1. The molecule has 1 atom stereocenters. The van der Waals surface area contributed by atoms with Gasteiger partial charge < -0.3 is 4.90 Å². The summed E-state index contributed by atoms with van der Waals surface area (Å²) in [4.78, 5) is 17.2. The summed E-state index contributed by atoms with van der Waals surface area (Å²) in [6, 6.07) is 4.58. The number of aromatic nitrogens is 2. The third-order valence-electron chi connectivity index (χ3n) is 5.05. The van der Waals surface area contributed by atoms with Gasteiger partial charge in [-0.3, -0.25) is 9.48 Å². The fraction of sp³-hybridized carbons (Fsp3) is 0.556. The van der Waals surface area contributed by atoms with E-state index in [0.29, 0.717) is 6.04 Å². The van der Waals surface area contributed by atoms with Crippen molar-refractivity contribution in [2.75, 3.05) is 13.1 Å². The van der Waals surface area contributed by atoms with Crippen molar-refractivity contribution in [3.8, 4) is 0 Å². The lowest BCUT2D eigenvalue weighted by molar-refractivity contribution is 0.0791. The number of rotatable bonds is 2. The number of thiophene rings is 1. The van der Waals surface area contributed by atoms with Gasteiger partial charge in [-0.1, -0.05) is 0 Å². The highest BCUT2D eigenvalue weighted by Gasteiger charge is 2.30. The molecule has 0 radical (unpaired) electrons. The predicted molar refractivity (Wildman–Crippen MR) is 92.2 cm³/mol. The van der Waals surface area contributed by atoms with Crippen LogP contribution in [0.15, 0.2) is 12.1 Å². The number of aryl methyl sites for hydroxylation is 4. The molecule has 1 unspecified atom stereocenters. The van der Waals surface area contributed by atoms with Crippen molar-refractivity contribution in [2.45, 2.75) is 52.0 Å². The van der Waals surface area contributed by atoms with Gasteiger partial charge in [0.2, 0.25) is 0 Å². The van der Waals surface area contributed by atoms with Crippen LogP contribution in [0.5, 0.6) is 0 Å². The lowest BCUT2D eigenvalue weighted by atomic mass is 9.99. The van der Waals surface area contributed by atoms with Gasteiger partial charge in [-0.05, 0) is 63.6 Å². The zero-order valence-electron chi connectivity index (χ0n) is 13.8. The molecule has 23 heavy (non-hydrogen) atoms. The van der Waals surface area contributed by atoms with E-state index in [9.17, 15) is 4.79 Å². The fourth-order valence-corrected chi connectivity index (χ4v) is 5.12. The van der Waals surface area contributed by atoms with Gasteiger partial charge in [-0.25, -0.2) is 0 Å². The maximum Gasteiger partial charge on any atom is 0.264 e. The Morgan fingerprint density at radius 2 is 2.09 bits per heavy atom. The molecule has 4 nitrogen and oxygen atoms in total. The van der Waals surface area contributed by atoms with E-state index in [4.69, 9.17) is 0 Å². The first-order chi connectivity index (χ1) is 11.1. The van der Waals surface area contributed by atoms with Crippen LogP contribution in [-0.4, -0.2) is 33.7 Å². The van der Waals surface area contributed by atoms with Crippen molar-refractivity contribution in [2.24, 2.45) is 0 Å². The van der Waals surface area contributed by atoms with Crippen LogP contribution in [0.3, 0.4) is 0 Å². The molecule has 1 amide bonds. The first-order valence-corrected chi connectivity index (χ1v) is 9.37. The van der Waals surface area contributed by atoms with E-state index in [1.54, 1.807) is 11.3 Å². The molecule has 122 valence electrons. The highest BCUT2D eigenvalue weighted by Crippen LogP contribution is 2.32.